The molecule has 0 aromatic heterocycles. The third kappa shape index (κ3) is 5.23. The third-order valence-corrected chi connectivity index (χ3v) is 5.58. The number of anilines is 1. The van der Waals surface area contributed by atoms with Gasteiger partial charge in [-0.2, -0.15) is 5.10 Å². The lowest BCUT2D eigenvalue weighted by atomic mass is 10.1. The van der Waals surface area contributed by atoms with Crippen LogP contribution in [0.5, 0.6) is 5.75 Å². The average molecular weight is 410 g/mol. The molecule has 0 bridgehead atoms. The number of ether oxygens (including phenoxy) is 1. The molecule has 7 nitrogen and oxygen atoms in total. The summed E-state index contributed by atoms with van der Waals surface area (Å²) in [6.07, 6.45) is 1.61. The van der Waals surface area contributed by atoms with Crippen molar-refractivity contribution in [3.8, 4) is 5.75 Å². The fourth-order valence-electron chi connectivity index (χ4n) is 2.76. The van der Waals surface area contributed by atoms with Crippen LogP contribution in [0.1, 0.15) is 23.1 Å². The minimum absolute atomic E-state index is 0.0547. The molecule has 29 heavy (non-hydrogen) atoms. The van der Waals surface area contributed by atoms with E-state index in [4.69, 9.17) is 4.74 Å². The molecule has 0 unspecified atom stereocenters. The Morgan fingerprint density at radius 3 is 2.83 bits per heavy atom. The highest BCUT2D eigenvalue weighted by molar-refractivity contribution is 8.15. The number of nitrogens with zero attached hydrogens (tertiary/aromatic N) is 2. The quantitative estimate of drug-likeness (QED) is 0.565. The second-order valence-electron chi connectivity index (χ2n) is 6.49. The number of rotatable bonds is 6. The Hall–Kier alpha value is -3.13. The molecule has 1 fully saturated rings. The summed E-state index contributed by atoms with van der Waals surface area (Å²) in [6.45, 7) is 3.94. The topological polar surface area (TPSA) is 92.2 Å². The van der Waals surface area contributed by atoms with Crippen molar-refractivity contribution in [2.75, 3.05) is 12.4 Å². The Balaban J connectivity index is 1.59. The van der Waals surface area contributed by atoms with Gasteiger partial charge in [-0.25, -0.2) is 0 Å². The average Bonchev–Trinajstić information content (AvgIpc) is 3.05. The molecule has 1 aliphatic rings. The molecule has 1 atom stereocenters. The van der Waals surface area contributed by atoms with Crippen LogP contribution in [0.3, 0.4) is 0 Å². The highest BCUT2D eigenvalue weighted by Crippen LogP contribution is 2.24. The van der Waals surface area contributed by atoms with Gasteiger partial charge in [-0.15, -0.1) is 5.10 Å². The zero-order chi connectivity index (χ0) is 20.8. The lowest BCUT2D eigenvalue weighted by molar-refractivity contribution is -0.122. The van der Waals surface area contributed by atoms with E-state index < -0.39 is 5.25 Å². The van der Waals surface area contributed by atoms with Crippen LogP contribution < -0.4 is 15.4 Å². The standard InChI is InChI=1S/C21H22N4O3S/c1-13-7-6-9-16(14(13)2)23-19(26)11-18-20(27)24-21(29-18)25-22-12-15-8-4-5-10-17(15)28-3/h4-10,12,18H,11H2,1-3H3,(H,23,26)(H,24,25,27)/b22-12-/t18-/m1/s1. The molecule has 8 heteroatoms. The summed E-state index contributed by atoms with van der Waals surface area (Å²) in [7, 11) is 1.58. The molecular weight excluding hydrogens is 388 g/mol. The summed E-state index contributed by atoms with van der Waals surface area (Å²) in [5.74, 6) is 0.211. The number of amidine groups is 1. The van der Waals surface area contributed by atoms with Crippen LogP contribution in [0.4, 0.5) is 5.69 Å². The monoisotopic (exact) mass is 410 g/mol. The van der Waals surface area contributed by atoms with E-state index in [1.807, 2.05) is 56.3 Å². The molecule has 3 rings (SSSR count). The number of thioether (sulfide) groups is 1. The molecule has 1 aliphatic heterocycles. The molecule has 1 saturated heterocycles. The van der Waals surface area contributed by atoms with E-state index in [1.54, 1.807) is 13.3 Å². The van der Waals surface area contributed by atoms with Gasteiger partial charge in [0, 0.05) is 17.7 Å². The van der Waals surface area contributed by atoms with Gasteiger partial charge in [-0.3, -0.25) is 9.59 Å². The van der Waals surface area contributed by atoms with Crippen molar-refractivity contribution in [1.82, 2.24) is 5.32 Å². The van der Waals surface area contributed by atoms with Gasteiger partial charge in [0.25, 0.3) is 0 Å². The first kappa shape index (κ1) is 20.6. The number of carbonyl (C=O) groups excluding carboxylic acids is 2. The predicted octanol–water partition coefficient (Wildman–Crippen LogP) is 3.26. The molecule has 0 aliphatic carbocycles. The molecular formula is C21H22N4O3S. The summed E-state index contributed by atoms with van der Waals surface area (Å²) in [5.41, 5.74) is 3.64. The van der Waals surface area contributed by atoms with Crippen molar-refractivity contribution in [2.24, 2.45) is 10.2 Å². The van der Waals surface area contributed by atoms with Gasteiger partial charge in [0.05, 0.1) is 13.3 Å². The van der Waals surface area contributed by atoms with Crippen LogP contribution >= 0.6 is 11.8 Å². The second-order valence-corrected chi connectivity index (χ2v) is 7.68. The number of methoxy groups -OCH3 is 1. The summed E-state index contributed by atoms with van der Waals surface area (Å²) in [4.78, 5) is 24.5. The first-order valence-electron chi connectivity index (χ1n) is 9.05. The van der Waals surface area contributed by atoms with Gasteiger partial charge in [0.15, 0.2) is 5.17 Å². The Bertz CT molecular complexity index is 988. The largest absolute Gasteiger partial charge is 0.496 e. The van der Waals surface area contributed by atoms with E-state index in [-0.39, 0.29) is 18.2 Å². The predicted molar refractivity (Wildman–Crippen MR) is 117 cm³/mol. The Labute approximate surface area is 173 Å². The molecule has 2 aromatic carbocycles. The number of aryl methyl sites for hydroxylation is 1. The zero-order valence-electron chi connectivity index (χ0n) is 16.4. The maximum atomic E-state index is 12.4. The van der Waals surface area contributed by atoms with E-state index in [9.17, 15) is 9.59 Å². The first-order chi connectivity index (χ1) is 14.0. The van der Waals surface area contributed by atoms with E-state index in [0.717, 1.165) is 22.4 Å². The van der Waals surface area contributed by atoms with Gasteiger partial charge in [0.2, 0.25) is 11.8 Å². The van der Waals surface area contributed by atoms with Crippen molar-refractivity contribution in [3.63, 3.8) is 0 Å². The van der Waals surface area contributed by atoms with Crippen molar-refractivity contribution < 1.29 is 14.3 Å². The maximum Gasteiger partial charge on any atom is 0.240 e. The molecule has 2 N–H and O–H groups in total. The number of hydrogen-bond donors (Lipinski definition) is 2. The third-order valence-electron chi connectivity index (χ3n) is 4.51. The van der Waals surface area contributed by atoms with Gasteiger partial charge in [-0.05, 0) is 43.2 Å². The molecule has 2 amide bonds. The van der Waals surface area contributed by atoms with Crippen LogP contribution in [-0.4, -0.2) is 35.6 Å². The summed E-state index contributed by atoms with van der Waals surface area (Å²) < 4.78 is 5.25. The fraction of sp³-hybridized carbons (Fsp3) is 0.238. The number of para-hydroxylation sites is 1. The van der Waals surface area contributed by atoms with Crippen LogP contribution in [0.2, 0.25) is 0 Å². The van der Waals surface area contributed by atoms with Gasteiger partial charge in [0.1, 0.15) is 11.0 Å². The van der Waals surface area contributed by atoms with Crippen molar-refractivity contribution >= 4 is 40.6 Å². The molecule has 0 radical (unpaired) electrons. The SMILES string of the molecule is COc1ccccc1/C=N\N=C1/NC(=O)[C@@H](CC(=O)Nc2cccc(C)c2C)S1. The van der Waals surface area contributed by atoms with Gasteiger partial charge in [-0.1, -0.05) is 36.0 Å². The first-order valence-corrected chi connectivity index (χ1v) is 9.93. The van der Waals surface area contributed by atoms with Gasteiger partial charge < -0.3 is 15.4 Å². The minimum Gasteiger partial charge on any atom is -0.496 e. The van der Waals surface area contributed by atoms with E-state index in [0.29, 0.717) is 10.9 Å². The number of benzene rings is 2. The smallest absolute Gasteiger partial charge is 0.240 e. The second kappa shape index (κ2) is 9.38. The number of amides is 2. The van der Waals surface area contributed by atoms with Gasteiger partial charge >= 0.3 is 0 Å². The highest BCUT2D eigenvalue weighted by Gasteiger charge is 2.32. The van der Waals surface area contributed by atoms with Crippen molar-refractivity contribution in [2.45, 2.75) is 25.5 Å². The van der Waals surface area contributed by atoms with Crippen LogP contribution in [0.15, 0.2) is 52.7 Å². The zero-order valence-corrected chi connectivity index (χ0v) is 17.2. The minimum atomic E-state index is -0.541. The fourth-order valence-corrected chi connectivity index (χ4v) is 3.68. The van der Waals surface area contributed by atoms with E-state index in [2.05, 4.69) is 20.8 Å². The molecule has 2 aromatic rings. The molecule has 0 saturated carbocycles. The molecule has 1 heterocycles. The lowest BCUT2D eigenvalue weighted by Gasteiger charge is -2.11. The summed E-state index contributed by atoms with van der Waals surface area (Å²) >= 11 is 1.19. The number of nitrogens with one attached hydrogen (secondary N) is 2. The maximum absolute atomic E-state index is 12.4. The van der Waals surface area contributed by atoms with Crippen LogP contribution in [0.25, 0.3) is 0 Å². The highest BCUT2D eigenvalue weighted by atomic mass is 32.2. The lowest BCUT2D eigenvalue weighted by Crippen LogP contribution is -2.28. The van der Waals surface area contributed by atoms with E-state index in [1.165, 1.54) is 11.8 Å². The van der Waals surface area contributed by atoms with Crippen LogP contribution in [0, 0.1) is 13.8 Å². The Morgan fingerprint density at radius 1 is 1.24 bits per heavy atom. The normalized spacial score (nSPS) is 17.6. The Morgan fingerprint density at radius 2 is 2.03 bits per heavy atom. The number of hydrogen-bond acceptors (Lipinski definition) is 6. The van der Waals surface area contributed by atoms with E-state index >= 15 is 0 Å². The molecule has 150 valence electrons. The Kier molecular flexibility index (Phi) is 6.66. The number of carbonyl (C=O) groups is 2. The summed E-state index contributed by atoms with van der Waals surface area (Å²) in [5, 5.41) is 13.4. The molecule has 0 spiro atoms. The van der Waals surface area contributed by atoms with Crippen LogP contribution in [-0.2, 0) is 9.59 Å². The summed E-state index contributed by atoms with van der Waals surface area (Å²) in [6, 6.07) is 13.1. The van der Waals surface area contributed by atoms with Crippen molar-refractivity contribution in [3.05, 3.63) is 59.2 Å². The van der Waals surface area contributed by atoms with Crippen molar-refractivity contribution in [1.29, 1.82) is 0 Å².